The van der Waals surface area contributed by atoms with Crippen molar-refractivity contribution in [2.45, 2.75) is 52.4 Å². The number of ether oxygens (including phenoxy) is 1. The minimum absolute atomic E-state index is 0.757. The first-order valence-corrected chi connectivity index (χ1v) is 21.4. The predicted octanol–water partition coefficient (Wildman–Crippen LogP) is 15.9. The third-order valence-corrected chi connectivity index (χ3v) is 13.0. The maximum absolute atomic E-state index is 6.76. The molecule has 2 aliphatic carbocycles. The third-order valence-electron chi connectivity index (χ3n) is 13.0. The molecule has 10 rings (SSSR count). The van der Waals surface area contributed by atoms with Crippen molar-refractivity contribution in [2.24, 2.45) is 23.7 Å². The smallest absolute Gasteiger partial charge is 0.130 e. The molecular formula is C56H51NO. The van der Waals surface area contributed by atoms with Gasteiger partial charge in [-0.05, 0) is 167 Å². The van der Waals surface area contributed by atoms with Crippen molar-refractivity contribution in [2.75, 3.05) is 4.90 Å². The molecule has 0 heterocycles. The summed E-state index contributed by atoms with van der Waals surface area (Å²) in [4.78, 5) is 2.40. The molecule has 2 aliphatic rings. The summed E-state index contributed by atoms with van der Waals surface area (Å²) in [6.45, 7) is 4.63. The van der Waals surface area contributed by atoms with Crippen LogP contribution in [-0.2, 0) is 6.42 Å². The van der Waals surface area contributed by atoms with E-state index in [0.29, 0.717) is 0 Å². The number of fused-ring (bicyclic) bond motifs is 4. The van der Waals surface area contributed by atoms with Crippen LogP contribution < -0.4 is 9.64 Å². The van der Waals surface area contributed by atoms with Crippen LogP contribution in [0.2, 0.25) is 0 Å². The maximum atomic E-state index is 6.76. The van der Waals surface area contributed by atoms with Crippen LogP contribution in [0.5, 0.6) is 11.5 Å². The topological polar surface area (TPSA) is 12.5 Å². The fraction of sp³-hybridized carbons (Fsp3) is 0.214. The molecule has 0 amide bonds. The lowest BCUT2D eigenvalue weighted by Gasteiger charge is -2.42. The van der Waals surface area contributed by atoms with Gasteiger partial charge in [0.1, 0.15) is 11.5 Å². The Morgan fingerprint density at radius 3 is 1.93 bits per heavy atom. The van der Waals surface area contributed by atoms with Crippen molar-refractivity contribution >= 4 is 38.6 Å². The van der Waals surface area contributed by atoms with Gasteiger partial charge in [0.05, 0.1) is 5.69 Å². The van der Waals surface area contributed by atoms with Crippen molar-refractivity contribution in [3.05, 3.63) is 187 Å². The number of para-hydroxylation sites is 1. The Bertz CT molecular complexity index is 2700. The average Bonchev–Trinajstić information content (AvgIpc) is 3.25. The van der Waals surface area contributed by atoms with Crippen molar-refractivity contribution in [1.82, 2.24) is 0 Å². The zero-order chi connectivity index (χ0) is 39.0. The number of anilines is 3. The molecule has 0 aliphatic heterocycles. The number of hydrogen-bond donors (Lipinski definition) is 0. The summed E-state index contributed by atoms with van der Waals surface area (Å²) in [5.41, 5.74) is 10.6. The van der Waals surface area contributed by atoms with Crippen LogP contribution >= 0.6 is 0 Å². The quantitative estimate of drug-likeness (QED) is 0.146. The first-order valence-electron chi connectivity index (χ1n) is 21.4. The first-order chi connectivity index (χ1) is 28.5. The van der Waals surface area contributed by atoms with Crippen LogP contribution in [0.4, 0.5) is 17.1 Å². The molecule has 4 atom stereocenters. The van der Waals surface area contributed by atoms with Crippen LogP contribution in [0.1, 0.15) is 50.2 Å². The van der Waals surface area contributed by atoms with Crippen LogP contribution in [-0.4, -0.2) is 0 Å². The van der Waals surface area contributed by atoms with Gasteiger partial charge in [0.2, 0.25) is 0 Å². The van der Waals surface area contributed by atoms with Crippen LogP contribution in [0.25, 0.3) is 43.8 Å². The van der Waals surface area contributed by atoms with Crippen molar-refractivity contribution in [3.63, 3.8) is 0 Å². The first kappa shape index (κ1) is 36.2. The number of aryl methyl sites for hydroxylation is 1. The number of benzene rings is 8. The lowest BCUT2D eigenvalue weighted by molar-refractivity contribution is 0.103. The highest BCUT2D eigenvalue weighted by atomic mass is 16.5. The lowest BCUT2D eigenvalue weighted by Crippen LogP contribution is -2.31. The SMILES string of the molecule is Cc1cc(-c2cccc(N(c3ccc(-c4cccc5ccccc45)cc3)c3cccc4ccccc34)c2)ccc1Oc1ccccc1C[C@H]1C[C@H]2C[C@@H](C)C[C@@H](C1)C2. The van der Waals surface area contributed by atoms with Gasteiger partial charge >= 0.3 is 0 Å². The van der Waals surface area contributed by atoms with E-state index in [1.165, 1.54) is 81.5 Å². The second-order valence-corrected chi connectivity index (χ2v) is 17.2. The highest BCUT2D eigenvalue weighted by molar-refractivity contribution is 6.00. The summed E-state index contributed by atoms with van der Waals surface area (Å²) in [5.74, 6) is 5.40. The molecule has 8 aromatic carbocycles. The molecule has 0 spiro atoms. The molecule has 0 N–H and O–H groups in total. The van der Waals surface area contributed by atoms with Crippen LogP contribution in [0, 0.1) is 30.6 Å². The van der Waals surface area contributed by atoms with E-state index in [9.17, 15) is 0 Å². The Balaban J connectivity index is 0.955. The molecule has 2 saturated carbocycles. The van der Waals surface area contributed by atoms with Crippen molar-refractivity contribution in [3.8, 4) is 33.8 Å². The molecule has 0 saturated heterocycles. The summed E-state index contributed by atoms with van der Waals surface area (Å²) >= 11 is 0. The second-order valence-electron chi connectivity index (χ2n) is 17.2. The Morgan fingerprint density at radius 1 is 0.500 bits per heavy atom. The van der Waals surface area contributed by atoms with Crippen LogP contribution in [0.3, 0.4) is 0 Å². The molecule has 0 aromatic heterocycles. The van der Waals surface area contributed by atoms with E-state index in [-0.39, 0.29) is 0 Å². The van der Waals surface area contributed by atoms with Gasteiger partial charge in [-0.2, -0.15) is 0 Å². The van der Waals surface area contributed by atoms with E-state index < -0.39 is 0 Å². The van der Waals surface area contributed by atoms with Gasteiger partial charge in [-0.3, -0.25) is 0 Å². The molecule has 8 aromatic rings. The van der Waals surface area contributed by atoms with Gasteiger partial charge in [0.25, 0.3) is 0 Å². The molecule has 58 heavy (non-hydrogen) atoms. The Hall–Kier alpha value is -6.12. The summed E-state index contributed by atoms with van der Waals surface area (Å²) in [5, 5.41) is 4.96. The molecule has 2 nitrogen and oxygen atoms in total. The largest absolute Gasteiger partial charge is 0.457 e. The molecule has 286 valence electrons. The summed E-state index contributed by atoms with van der Waals surface area (Å²) in [7, 11) is 0. The van der Waals surface area contributed by atoms with E-state index in [2.05, 4.69) is 195 Å². The molecular weight excluding hydrogens is 703 g/mol. The normalized spacial score (nSPS) is 18.9. The van der Waals surface area contributed by atoms with E-state index in [1.54, 1.807) is 0 Å². The molecule has 2 fully saturated rings. The number of nitrogens with zero attached hydrogens (tertiary/aromatic N) is 1. The van der Waals surface area contributed by atoms with Gasteiger partial charge in [0.15, 0.2) is 0 Å². The monoisotopic (exact) mass is 753 g/mol. The van der Waals surface area contributed by atoms with Crippen LogP contribution in [0.15, 0.2) is 176 Å². The Morgan fingerprint density at radius 2 is 1.14 bits per heavy atom. The maximum Gasteiger partial charge on any atom is 0.130 e. The van der Waals surface area contributed by atoms with Crippen molar-refractivity contribution in [1.29, 1.82) is 0 Å². The highest BCUT2D eigenvalue weighted by Crippen LogP contribution is 2.47. The molecule has 0 radical (unpaired) electrons. The predicted molar refractivity (Wildman–Crippen MR) is 245 cm³/mol. The lowest BCUT2D eigenvalue weighted by atomic mass is 9.64. The zero-order valence-corrected chi connectivity index (χ0v) is 33.7. The van der Waals surface area contributed by atoms with E-state index in [1.807, 2.05) is 0 Å². The van der Waals surface area contributed by atoms with Gasteiger partial charge in [0, 0.05) is 16.8 Å². The fourth-order valence-electron chi connectivity index (χ4n) is 10.6. The van der Waals surface area contributed by atoms with Gasteiger partial charge in [-0.15, -0.1) is 0 Å². The number of hydrogen-bond acceptors (Lipinski definition) is 2. The standard InChI is InChI=1S/C56H51NO/c1-38-30-40-33-41(31-38)35-42(34-40)36-48-14-5-8-23-56(48)58-55-29-26-47(32-39(55)2)46-17-9-18-50(37-46)57(54-22-11-16-44-13-4-7-20-53(44)54)49-27-24-45(25-28-49)52-21-10-15-43-12-3-6-19-51(43)52/h3-29,32,37-38,40-42H,30-31,33-36H2,1-2H3/t38-,40+,41-,42+. The molecule has 2 bridgehead atoms. The van der Waals surface area contributed by atoms with Gasteiger partial charge < -0.3 is 9.64 Å². The molecule has 2 heteroatoms. The number of rotatable bonds is 9. The average molecular weight is 754 g/mol. The zero-order valence-electron chi connectivity index (χ0n) is 33.7. The fourth-order valence-corrected chi connectivity index (χ4v) is 10.6. The summed E-state index contributed by atoms with van der Waals surface area (Å²) in [6, 6.07) is 63.9. The van der Waals surface area contributed by atoms with E-state index in [0.717, 1.165) is 64.2 Å². The van der Waals surface area contributed by atoms with Gasteiger partial charge in [-0.25, -0.2) is 0 Å². The summed E-state index contributed by atoms with van der Waals surface area (Å²) < 4.78 is 6.76. The Kier molecular flexibility index (Phi) is 9.79. The van der Waals surface area contributed by atoms with E-state index >= 15 is 0 Å². The minimum atomic E-state index is 0.757. The van der Waals surface area contributed by atoms with Crippen molar-refractivity contribution < 1.29 is 4.74 Å². The van der Waals surface area contributed by atoms with Gasteiger partial charge in [-0.1, -0.05) is 134 Å². The van der Waals surface area contributed by atoms with E-state index in [4.69, 9.17) is 4.74 Å². The Labute approximate surface area is 343 Å². The second kappa shape index (κ2) is 15.7. The summed E-state index contributed by atoms with van der Waals surface area (Å²) in [6.07, 6.45) is 8.14. The minimum Gasteiger partial charge on any atom is -0.457 e. The highest BCUT2D eigenvalue weighted by Gasteiger charge is 2.34. The third kappa shape index (κ3) is 7.29. The molecule has 0 unspecified atom stereocenters.